The third-order valence-electron chi connectivity index (χ3n) is 4.15. The molecule has 2 aromatic carbocycles. The molecule has 0 aliphatic heterocycles. The zero-order valence-corrected chi connectivity index (χ0v) is 14.4. The monoisotopic (exact) mass is 356 g/mol. The van der Waals surface area contributed by atoms with Crippen LogP contribution in [0.5, 0.6) is 0 Å². The fraction of sp³-hybridized carbons (Fsp3) is 0.167. The van der Waals surface area contributed by atoms with E-state index in [2.05, 4.69) is 39.7 Å². The first-order valence-corrected chi connectivity index (χ1v) is 7.89. The van der Waals surface area contributed by atoms with Crippen LogP contribution in [0.1, 0.15) is 21.6 Å². The van der Waals surface area contributed by atoms with Crippen molar-refractivity contribution in [1.82, 2.24) is 4.57 Å². The molecule has 3 rings (SSSR count). The molecule has 3 aromatic rings. The lowest BCUT2D eigenvalue weighted by Crippen LogP contribution is -2.11. The van der Waals surface area contributed by atoms with Gasteiger partial charge < -0.3 is 9.88 Å². The maximum atomic E-state index is 12.4. The van der Waals surface area contributed by atoms with Crippen molar-refractivity contribution in [3.05, 3.63) is 63.8 Å². The third-order valence-corrected chi connectivity index (χ3v) is 4.65. The van der Waals surface area contributed by atoms with Crippen LogP contribution in [0, 0.1) is 13.8 Å². The van der Waals surface area contributed by atoms with E-state index in [0.717, 1.165) is 21.1 Å². The number of amides is 1. The van der Waals surface area contributed by atoms with Crippen LogP contribution >= 0.6 is 15.9 Å². The summed E-state index contributed by atoms with van der Waals surface area (Å²) in [6.07, 6.45) is 0. The van der Waals surface area contributed by atoms with E-state index in [-0.39, 0.29) is 5.91 Å². The van der Waals surface area contributed by atoms with Crippen LogP contribution < -0.4 is 5.32 Å². The van der Waals surface area contributed by atoms with Crippen LogP contribution in [-0.4, -0.2) is 10.5 Å². The standard InChI is InChI=1S/C18H17BrN2O/c1-11-12(2)21(3)17-8-7-13(9-16(11)17)18(22)20-15-6-4-5-14(19)10-15/h4-10H,1-3H3,(H,20,22). The number of benzene rings is 2. The molecule has 1 N–H and O–H groups in total. The number of halogens is 1. The van der Waals surface area contributed by atoms with Gasteiger partial charge in [0.15, 0.2) is 0 Å². The normalized spacial score (nSPS) is 10.9. The van der Waals surface area contributed by atoms with Crippen molar-refractivity contribution in [2.24, 2.45) is 7.05 Å². The Bertz CT molecular complexity index is 880. The molecule has 0 saturated carbocycles. The highest BCUT2D eigenvalue weighted by atomic mass is 79.9. The van der Waals surface area contributed by atoms with Gasteiger partial charge in [0, 0.05) is 39.4 Å². The Labute approximate surface area is 138 Å². The first kappa shape index (κ1) is 14.9. The minimum atomic E-state index is -0.0964. The van der Waals surface area contributed by atoms with E-state index in [1.807, 2.05) is 49.5 Å². The summed E-state index contributed by atoms with van der Waals surface area (Å²) in [5.41, 5.74) is 5.03. The fourth-order valence-corrected chi connectivity index (χ4v) is 3.07. The molecule has 0 aliphatic carbocycles. The summed E-state index contributed by atoms with van der Waals surface area (Å²) in [4.78, 5) is 12.4. The summed E-state index contributed by atoms with van der Waals surface area (Å²) >= 11 is 3.41. The second-order valence-electron chi connectivity index (χ2n) is 5.47. The van der Waals surface area contributed by atoms with Gasteiger partial charge in [-0.05, 0) is 55.8 Å². The average Bonchev–Trinajstić information content (AvgIpc) is 2.72. The largest absolute Gasteiger partial charge is 0.348 e. The summed E-state index contributed by atoms with van der Waals surface area (Å²) in [6.45, 7) is 4.18. The lowest BCUT2D eigenvalue weighted by molar-refractivity contribution is 0.102. The average molecular weight is 357 g/mol. The second-order valence-corrected chi connectivity index (χ2v) is 6.38. The molecule has 0 saturated heterocycles. The number of rotatable bonds is 2. The van der Waals surface area contributed by atoms with E-state index < -0.39 is 0 Å². The number of hydrogen-bond donors (Lipinski definition) is 1. The Balaban J connectivity index is 1.96. The first-order valence-electron chi connectivity index (χ1n) is 7.10. The smallest absolute Gasteiger partial charge is 0.255 e. The van der Waals surface area contributed by atoms with Gasteiger partial charge in [-0.2, -0.15) is 0 Å². The van der Waals surface area contributed by atoms with Crippen LogP contribution in [0.15, 0.2) is 46.9 Å². The van der Waals surface area contributed by atoms with Crippen molar-refractivity contribution in [3.8, 4) is 0 Å². The minimum absolute atomic E-state index is 0.0964. The Hall–Kier alpha value is -2.07. The molecule has 0 aliphatic rings. The van der Waals surface area contributed by atoms with Crippen molar-refractivity contribution in [3.63, 3.8) is 0 Å². The number of nitrogens with zero attached hydrogens (tertiary/aromatic N) is 1. The number of aromatic nitrogens is 1. The topological polar surface area (TPSA) is 34.0 Å². The molecule has 4 heteroatoms. The molecule has 112 valence electrons. The van der Waals surface area contributed by atoms with Crippen molar-refractivity contribution in [2.75, 3.05) is 5.32 Å². The summed E-state index contributed by atoms with van der Waals surface area (Å²) in [5.74, 6) is -0.0964. The maximum absolute atomic E-state index is 12.4. The number of nitrogens with one attached hydrogen (secondary N) is 1. The third kappa shape index (κ3) is 2.55. The molecular formula is C18H17BrN2O. The first-order chi connectivity index (χ1) is 10.5. The van der Waals surface area contributed by atoms with E-state index in [1.54, 1.807) is 0 Å². The second kappa shape index (κ2) is 5.61. The predicted octanol–water partition coefficient (Wildman–Crippen LogP) is 4.81. The molecule has 0 fully saturated rings. The zero-order chi connectivity index (χ0) is 15.9. The lowest BCUT2D eigenvalue weighted by atomic mass is 10.1. The van der Waals surface area contributed by atoms with Crippen LogP contribution in [0.4, 0.5) is 5.69 Å². The molecule has 22 heavy (non-hydrogen) atoms. The van der Waals surface area contributed by atoms with Gasteiger partial charge in [-0.1, -0.05) is 22.0 Å². The van der Waals surface area contributed by atoms with Crippen LogP contribution in [0.2, 0.25) is 0 Å². The molecule has 1 heterocycles. The molecule has 0 radical (unpaired) electrons. The molecule has 1 amide bonds. The summed E-state index contributed by atoms with van der Waals surface area (Å²) < 4.78 is 3.09. The Morgan fingerprint density at radius 3 is 2.64 bits per heavy atom. The van der Waals surface area contributed by atoms with E-state index in [4.69, 9.17) is 0 Å². The summed E-state index contributed by atoms with van der Waals surface area (Å²) in [6, 6.07) is 13.4. The van der Waals surface area contributed by atoms with Crippen LogP contribution in [0.3, 0.4) is 0 Å². The number of hydrogen-bond acceptors (Lipinski definition) is 1. The molecule has 0 bridgehead atoms. The highest BCUT2D eigenvalue weighted by Crippen LogP contribution is 2.25. The van der Waals surface area contributed by atoms with Crippen molar-refractivity contribution in [1.29, 1.82) is 0 Å². The Morgan fingerprint density at radius 1 is 1.14 bits per heavy atom. The van der Waals surface area contributed by atoms with Gasteiger partial charge in [-0.25, -0.2) is 0 Å². The van der Waals surface area contributed by atoms with E-state index in [9.17, 15) is 4.79 Å². The van der Waals surface area contributed by atoms with Crippen LogP contribution in [-0.2, 0) is 7.05 Å². The van der Waals surface area contributed by atoms with Crippen molar-refractivity contribution in [2.45, 2.75) is 13.8 Å². The fourth-order valence-electron chi connectivity index (χ4n) is 2.67. The van der Waals surface area contributed by atoms with Gasteiger partial charge in [-0.3, -0.25) is 4.79 Å². The molecular weight excluding hydrogens is 340 g/mol. The number of aryl methyl sites for hydroxylation is 2. The Morgan fingerprint density at radius 2 is 1.91 bits per heavy atom. The highest BCUT2D eigenvalue weighted by Gasteiger charge is 2.12. The SMILES string of the molecule is Cc1c(C)n(C)c2ccc(C(=O)Nc3cccc(Br)c3)cc12. The molecule has 3 nitrogen and oxygen atoms in total. The van der Waals surface area contributed by atoms with Gasteiger partial charge in [0.1, 0.15) is 0 Å². The van der Waals surface area contributed by atoms with Crippen LogP contribution in [0.25, 0.3) is 10.9 Å². The summed E-state index contributed by atoms with van der Waals surface area (Å²) in [7, 11) is 2.05. The van der Waals surface area contributed by atoms with Crippen molar-refractivity contribution >= 4 is 38.4 Å². The van der Waals surface area contributed by atoms with Gasteiger partial charge in [-0.15, -0.1) is 0 Å². The van der Waals surface area contributed by atoms with Gasteiger partial charge in [0.2, 0.25) is 0 Å². The van der Waals surface area contributed by atoms with E-state index >= 15 is 0 Å². The number of carbonyl (C=O) groups is 1. The zero-order valence-electron chi connectivity index (χ0n) is 12.8. The molecule has 1 aromatic heterocycles. The van der Waals surface area contributed by atoms with Gasteiger partial charge >= 0.3 is 0 Å². The molecule has 0 unspecified atom stereocenters. The predicted molar refractivity (Wildman–Crippen MR) is 94.5 cm³/mol. The molecule has 0 atom stereocenters. The Kier molecular flexibility index (Phi) is 3.79. The quantitative estimate of drug-likeness (QED) is 0.702. The highest BCUT2D eigenvalue weighted by molar-refractivity contribution is 9.10. The number of anilines is 1. The van der Waals surface area contributed by atoms with E-state index in [0.29, 0.717) is 5.56 Å². The number of carbonyl (C=O) groups excluding carboxylic acids is 1. The molecule has 0 spiro atoms. The minimum Gasteiger partial charge on any atom is -0.348 e. The lowest BCUT2D eigenvalue weighted by Gasteiger charge is -2.06. The maximum Gasteiger partial charge on any atom is 0.255 e. The van der Waals surface area contributed by atoms with Crippen molar-refractivity contribution < 1.29 is 4.79 Å². The van der Waals surface area contributed by atoms with Gasteiger partial charge in [0.25, 0.3) is 5.91 Å². The van der Waals surface area contributed by atoms with Gasteiger partial charge in [0.05, 0.1) is 0 Å². The van der Waals surface area contributed by atoms with E-state index in [1.165, 1.54) is 11.3 Å². The number of fused-ring (bicyclic) bond motifs is 1. The summed E-state index contributed by atoms with van der Waals surface area (Å²) in [5, 5.41) is 4.06.